The summed E-state index contributed by atoms with van der Waals surface area (Å²) in [6.07, 6.45) is 1.53. The Hall–Kier alpha value is -1.25. The van der Waals surface area contributed by atoms with Crippen LogP contribution in [0.15, 0.2) is 24.0 Å². The van der Waals surface area contributed by atoms with E-state index in [0.29, 0.717) is 24.1 Å². The zero-order valence-corrected chi connectivity index (χ0v) is 13.3. The van der Waals surface area contributed by atoms with Gasteiger partial charge in [0.15, 0.2) is 0 Å². The molecule has 0 N–H and O–H groups in total. The molecule has 0 fully saturated rings. The van der Waals surface area contributed by atoms with Gasteiger partial charge in [0.2, 0.25) is 0 Å². The monoisotopic (exact) mass is 296 g/mol. The molecule has 0 bridgehead atoms. The third kappa shape index (κ3) is 2.50. The van der Waals surface area contributed by atoms with Crippen molar-refractivity contribution in [3.63, 3.8) is 0 Å². The third-order valence-electron chi connectivity index (χ3n) is 3.37. The van der Waals surface area contributed by atoms with E-state index in [-0.39, 0.29) is 0 Å². The van der Waals surface area contributed by atoms with E-state index in [1.165, 1.54) is 0 Å². The molecule has 0 aliphatic carbocycles. The highest BCUT2D eigenvalue weighted by atomic mass is 31.2. The normalized spacial score (nSPS) is 21.4. The number of hydrogen-bond donors (Lipinski definition) is 0. The van der Waals surface area contributed by atoms with Crippen LogP contribution < -0.4 is 10.0 Å². The second kappa shape index (κ2) is 6.02. The van der Waals surface area contributed by atoms with Gasteiger partial charge in [-0.25, -0.2) is 4.57 Å². The van der Waals surface area contributed by atoms with E-state index in [0.717, 1.165) is 23.3 Å². The van der Waals surface area contributed by atoms with Crippen LogP contribution in [0.25, 0.3) is 5.57 Å². The highest BCUT2D eigenvalue weighted by Crippen LogP contribution is 2.55. The number of rotatable bonds is 5. The van der Waals surface area contributed by atoms with Crippen LogP contribution in [0.4, 0.5) is 0 Å². The first-order chi connectivity index (χ1) is 9.59. The molecule has 1 aromatic rings. The van der Waals surface area contributed by atoms with Gasteiger partial charge < -0.3 is 9.26 Å². The molecular weight excluding hydrogens is 275 g/mol. The predicted molar refractivity (Wildman–Crippen MR) is 80.4 cm³/mol. The van der Waals surface area contributed by atoms with Crippen molar-refractivity contribution in [3.8, 4) is 5.75 Å². The summed E-state index contributed by atoms with van der Waals surface area (Å²) in [6.45, 7) is 6.22. The van der Waals surface area contributed by atoms with Gasteiger partial charge in [0.05, 0.1) is 19.0 Å². The lowest BCUT2D eigenvalue weighted by atomic mass is 10.0. The van der Waals surface area contributed by atoms with Crippen molar-refractivity contribution in [3.05, 3.63) is 29.5 Å². The Labute approximate surface area is 120 Å². The van der Waals surface area contributed by atoms with Crippen molar-refractivity contribution >= 4 is 18.5 Å². The number of fused-ring (bicyclic) bond motifs is 1. The van der Waals surface area contributed by atoms with Gasteiger partial charge in [-0.3, -0.25) is 4.52 Å². The average Bonchev–Trinajstić information content (AvgIpc) is 2.47. The Morgan fingerprint density at radius 3 is 2.50 bits per heavy atom. The molecule has 0 radical (unpaired) electrons. The first-order valence-electron chi connectivity index (χ1n) is 6.94. The molecule has 0 saturated carbocycles. The molecule has 0 amide bonds. The van der Waals surface area contributed by atoms with E-state index in [1.807, 2.05) is 26.0 Å². The molecule has 110 valence electrons. The van der Waals surface area contributed by atoms with E-state index in [1.54, 1.807) is 13.2 Å². The molecule has 1 aliphatic rings. The molecule has 0 saturated heterocycles. The zero-order valence-electron chi connectivity index (χ0n) is 12.4. The number of ether oxygens (including phenoxy) is 1. The highest BCUT2D eigenvalue weighted by Gasteiger charge is 2.38. The smallest absolute Gasteiger partial charge is 0.411 e. The summed E-state index contributed by atoms with van der Waals surface area (Å²) in [6, 6.07) is 5.58. The van der Waals surface area contributed by atoms with E-state index in [2.05, 4.69) is 6.92 Å². The number of hydrogen-bond acceptors (Lipinski definition) is 4. The standard InChI is InChI=1S/C15H21O4P/c1-5-12-13-9-8-11(17-4)10-15(13)20(16,18-7-3)19-14(12)6-2/h8-10H,5-7H2,1-4H3. The summed E-state index contributed by atoms with van der Waals surface area (Å²) in [5.41, 5.74) is 2.05. The fourth-order valence-electron chi connectivity index (χ4n) is 2.45. The van der Waals surface area contributed by atoms with Gasteiger partial charge in [-0.1, -0.05) is 13.8 Å². The van der Waals surface area contributed by atoms with Gasteiger partial charge in [0.1, 0.15) is 11.5 Å². The van der Waals surface area contributed by atoms with Crippen LogP contribution in [-0.4, -0.2) is 13.7 Å². The Bertz CT molecular complexity index is 577. The molecule has 20 heavy (non-hydrogen) atoms. The van der Waals surface area contributed by atoms with Crippen LogP contribution in [0.2, 0.25) is 0 Å². The highest BCUT2D eigenvalue weighted by molar-refractivity contribution is 7.62. The van der Waals surface area contributed by atoms with Crippen molar-refractivity contribution in [1.29, 1.82) is 0 Å². The summed E-state index contributed by atoms with van der Waals surface area (Å²) in [4.78, 5) is 0. The minimum absolute atomic E-state index is 0.340. The molecule has 5 heteroatoms. The Kier molecular flexibility index (Phi) is 4.56. The first-order valence-corrected chi connectivity index (χ1v) is 8.49. The summed E-state index contributed by atoms with van der Waals surface area (Å²) in [5.74, 6) is 1.42. The lowest BCUT2D eigenvalue weighted by Crippen LogP contribution is -2.20. The third-order valence-corrected chi connectivity index (χ3v) is 5.38. The molecule has 1 unspecified atom stereocenters. The summed E-state index contributed by atoms with van der Waals surface area (Å²) in [7, 11) is -1.72. The maximum atomic E-state index is 13.0. The minimum atomic E-state index is -3.30. The van der Waals surface area contributed by atoms with Crippen LogP contribution in [0, 0.1) is 0 Å². The van der Waals surface area contributed by atoms with Gasteiger partial charge in [-0.15, -0.1) is 0 Å². The molecule has 2 rings (SSSR count). The number of methoxy groups -OCH3 is 1. The van der Waals surface area contributed by atoms with Crippen LogP contribution in [-0.2, 0) is 13.6 Å². The van der Waals surface area contributed by atoms with Crippen molar-refractivity contribution < 1.29 is 18.3 Å². The molecule has 1 aromatic carbocycles. The van der Waals surface area contributed by atoms with E-state index in [9.17, 15) is 4.57 Å². The van der Waals surface area contributed by atoms with Crippen molar-refractivity contribution in [2.45, 2.75) is 33.6 Å². The maximum Gasteiger partial charge on any atom is 0.411 e. The first kappa shape index (κ1) is 15.1. The van der Waals surface area contributed by atoms with E-state index in [4.69, 9.17) is 13.8 Å². The second-order valence-electron chi connectivity index (χ2n) is 4.50. The summed E-state index contributed by atoms with van der Waals surface area (Å²) >= 11 is 0. The molecule has 0 spiro atoms. The lowest BCUT2D eigenvalue weighted by Gasteiger charge is -2.29. The molecular formula is C15H21O4P. The Balaban J connectivity index is 2.66. The van der Waals surface area contributed by atoms with Crippen LogP contribution in [0.5, 0.6) is 5.75 Å². The molecule has 4 nitrogen and oxygen atoms in total. The van der Waals surface area contributed by atoms with Gasteiger partial charge in [-0.05, 0) is 42.7 Å². The number of allylic oxidation sites excluding steroid dienone is 2. The minimum Gasteiger partial charge on any atom is -0.497 e. The zero-order chi connectivity index (χ0) is 14.8. The van der Waals surface area contributed by atoms with E-state index >= 15 is 0 Å². The van der Waals surface area contributed by atoms with Gasteiger partial charge in [0, 0.05) is 6.42 Å². The van der Waals surface area contributed by atoms with Gasteiger partial charge >= 0.3 is 7.60 Å². The number of benzene rings is 1. The molecule has 1 heterocycles. The van der Waals surface area contributed by atoms with Crippen molar-refractivity contribution in [1.82, 2.24) is 0 Å². The van der Waals surface area contributed by atoms with Gasteiger partial charge in [0.25, 0.3) is 0 Å². The lowest BCUT2D eigenvalue weighted by molar-refractivity contribution is 0.255. The maximum absolute atomic E-state index is 13.0. The topological polar surface area (TPSA) is 44.8 Å². The molecule has 1 aliphatic heterocycles. The molecule has 0 aromatic heterocycles. The SMILES string of the molecule is CCOP1(=O)OC(CC)=C(CC)c2ccc(OC)cc21. The predicted octanol–water partition coefficient (Wildman–Crippen LogP) is 4.11. The Morgan fingerprint density at radius 1 is 1.20 bits per heavy atom. The largest absolute Gasteiger partial charge is 0.497 e. The quantitative estimate of drug-likeness (QED) is 0.767. The molecule has 1 atom stereocenters. The van der Waals surface area contributed by atoms with Gasteiger partial charge in [-0.2, -0.15) is 0 Å². The fraction of sp³-hybridized carbons (Fsp3) is 0.467. The van der Waals surface area contributed by atoms with Crippen LogP contribution in [0.3, 0.4) is 0 Å². The van der Waals surface area contributed by atoms with Crippen LogP contribution >= 0.6 is 7.60 Å². The fourth-order valence-corrected chi connectivity index (χ4v) is 4.40. The second-order valence-corrected chi connectivity index (χ2v) is 6.42. The summed E-state index contributed by atoms with van der Waals surface area (Å²) < 4.78 is 29.5. The average molecular weight is 296 g/mol. The van der Waals surface area contributed by atoms with Crippen LogP contribution in [0.1, 0.15) is 39.2 Å². The Morgan fingerprint density at radius 2 is 1.95 bits per heavy atom. The van der Waals surface area contributed by atoms with Crippen molar-refractivity contribution in [2.24, 2.45) is 0 Å². The summed E-state index contributed by atoms with van der Waals surface area (Å²) in [5, 5.41) is 0.604. The van der Waals surface area contributed by atoms with Crippen molar-refractivity contribution in [2.75, 3.05) is 13.7 Å². The van der Waals surface area contributed by atoms with E-state index < -0.39 is 7.60 Å².